The van der Waals surface area contributed by atoms with Gasteiger partial charge in [-0.2, -0.15) is 0 Å². The maximum atomic E-state index is 12.0. The summed E-state index contributed by atoms with van der Waals surface area (Å²) in [7, 11) is 0. The molecule has 1 amide bonds. The molecule has 0 fully saturated rings. The van der Waals surface area contributed by atoms with Crippen molar-refractivity contribution in [2.45, 2.75) is 19.8 Å². The summed E-state index contributed by atoms with van der Waals surface area (Å²) in [4.78, 5) is 12.0. The van der Waals surface area contributed by atoms with E-state index in [1.807, 2.05) is 12.1 Å². The van der Waals surface area contributed by atoms with Crippen molar-refractivity contribution in [2.24, 2.45) is 5.92 Å². The number of carbonyl (C=O) groups is 1. The van der Waals surface area contributed by atoms with Gasteiger partial charge in [0.25, 0.3) is 5.91 Å². The highest BCUT2D eigenvalue weighted by Crippen LogP contribution is 2.21. The number of nitrogens with one attached hydrogen (secondary N) is 1. The van der Waals surface area contributed by atoms with Gasteiger partial charge in [-0.3, -0.25) is 4.79 Å². The molecule has 0 aliphatic heterocycles. The molecule has 0 radical (unpaired) electrons. The summed E-state index contributed by atoms with van der Waals surface area (Å²) < 4.78 is 1.70. The Morgan fingerprint density at radius 2 is 2.17 bits per heavy atom. The van der Waals surface area contributed by atoms with E-state index in [1.165, 1.54) is 0 Å². The number of aliphatic hydroxyl groups is 1. The van der Waals surface area contributed by atoms with Crippen LogP contribution in [0.2, 0.25) is 0 Å². The number of amides is 1. The molecule has 0 spiro atoms. The minimum Gasteiger partial charge on any atom is -0.396 e. The third-order valence-corrected chi connectivity index (χ3v) is 3.99. The Kier molecular flexibility index (Phi) is 6.89. The average molecular weight is 379 g/mol. The van der Waals surface area contributed by atoms with Gasteiger partial charge in [-0.1, -0.05) is 29.3 Å². The molecule has 5 heteroatoms. The number of hydrogen-bond acceptors (Lipinski definition) is 2. The molecule has 0 saturated carbocycles. The second kappa shape index (κ2) is 7.92. The van der Waals surface area contributed by atoms with Crippen LogP contribution in [0.1, 0.15) is 30.1 Å². The predicted octanol–water partition coefficient (Wildman–Crippen LogP) is 3.35. The maximum absolute atomic E-state index is 12.0. The molecular weight excluding hydrogens is 362 g/mol. The summed E-state index contributed by atoms with van der Waals surface area (Å²) in [5.74, 6) is 0.235. The first-order valence-electron chi connectivity index (χ1n) is 5.92. The molecule has 1 aromatic carbocycles. The van der Waals surface area contributed by atoms with Crippen molar-refractivity contribution >= 4 is 37.8 Å². The van der Waals surface area contributed by atoms with Gasteiger partial charge in [0, 0.05) is 22.1 Å². The lowest BCUT2D eigenvalue weighted by Gasteiger charge is -2.14. The van der Waals surface area contributed by atoms with Gasteiger partial charge < -0.3 is 10.4 Å². The Hall–Kier alpha value is -0.390. The normalized spacial score (nSPS) is 12.2. The maximum Gasteiger partial charge on any atom is 0.252 e. The number of carbonyl (C=O) groups excluding carboxylic acids is 1. The van der Waals surface area contributed by atoms with Crippen molar-refractivity contribution in [3.05, 3.63) is 32.7 Å². The summed E-state index contributed by atoms with van der Waals surface area (Å²) in [6.45, 7) is 2.82. The molecule has 1 unspecified atom stereocenters. The van der Waals surface area contributed by atoms with Gasteiger partial charge in [-0.05, 0) is 46.5 Å². The van der Waals surface area contributed by atoms with Crippen molar-refractivity contribution < 1.29 is 9.90 Å². The summed E-state index contributed by atoms with van der Waals surface area (Å²) in [6, 6.07) is 5.46. The van der Waals surface area contributed by atoms with E-state index in [-0.39, 0.29) is 12.5 Å². The van der Waals surface area contributed by atoms with Gasteiger partial charge in [-0.25, -0.2) is 0 Å². The first kappa shape index (κ1) is 15.7. The zero-order valence-corrected chi connectivity index (χ0v) is 13.4. The minimum absolute atomic E-state index is 0.0919. The number of halogens is 2. The van der Waals surface area contributed by atoms with Gasteiger partial charge in [0.15, 0.2) is 0 Å². The number of benzene rings is 1. The highest BCUT2D eigenvalue weighted by molar-refractivity contribution is 9.11. The second-order valence-electron chi connectivity index (χ2n) is 4.12. The lowest BCUT2D eigenvalue weighted by atomic mass is 10.0. The molecule has 18 heavy (non-hydrogen) atoms. The molecule has 0 saturated heterocycles. The molecule has 2 N–H and O–H groups in total. The Morgan fingerprint density at radius 3 is 2.72 bits per heavy atom. The van der Waals surface area contributed by atoms with Gasteiger partial charge in [0.1, 0.15) is 0 Å². The van der Waals surface area contributed by atoms with Crippen molar-refractivity contribution in [3.8, 4) is 0 Å². The smallest absolute Gasteiger partial charge is 0.252 e. The van der Waals surface area contributed by atoms with Crippen molar-refractivity contribution in [1.82, 2.24) is 5.32 Å². The highest BCUT2D eigenvalue weighted by atomic mass is 79.9. The molecule has 3 nitrogen and oxygen atoms in total. The van der Waals surface area contributed by atoms with Crippen LogP contribution in [0.4, 0.5) is 0 Å². The van der Waals surface area contributed by atoms with E-state index in [2.05, 4.69) is 44.1 Å². The van der Waals surface area contributed by atoms with E-state index in [4.69, 9.17) is 5.11 Å². The van der Waals surface area contributed by atoms with Crippen LogP contribution in [0.5, 0.6) is 0 Å². The molecule has 0 aliphatic carbocycles. The summed E-state index contributed by atoms with van der Waals surface area (Å²) in [5.41, 5.74) is 0.622. The largest absolute Gasteiger partial charge is 0.396 e. The van der Waals surface area contributed by atoms with Crippen LogP contribution in [-0.4, -0.2) is 24.2 Å². The van der Waals surface area contributed by atoms with E-state index in [0.29, 0.717) is 18.0 Å². The van der Waals surface area contributed by atoms with Crippen LogP contribution in [0.3, 0.4) is 0 Å². The molecular formula is C13H17Br2NO2. The third kappa shape index (κ3) is 4.71. The molecule has 0 aliphatic rings. The first-order chi connectivity index (χ1) is 8.58. The number of hydrogen-bond donors (Lipinski definition) is 2. The van der Waals surface area contributed by atoms with Gasteiger partial charge in [-0.15, -0.1) is 0 Å². The quantitative estimate of drug-likeness (QED) is 0.797. The fourth-order valence-electron chi connectivity index (χ4n) is 1.64. The van der Waals surface area contributed by atoms with Crippen molar-refractivity contribution in [3.63, 3.8) is 0 Å². The highest BCUT2D eigenvalue weighted by Gasteiger charge is 2.12. The van der Waals surface area contributed by atoms with E-state index in [0.717, 1.165) is 21.8 Å². The Balaban J connectivity index is 2.59. The summed E-state index contributed by atoms with van der Waals surface area (Å²) in [6.07, 6.45) is 1.67. The number of rotatable bonds is 6. The van der Waals surface area contributed by atoms with E-state index in [1.54, 1.807) is 6.07 Å². The van der Waals surface area contributed by atoms with Gasteiger partial charge in [0.05, 0.1) is 5.56 Å². The van der Waals surface area contributed by atoms with E-state index >= 15 is 0 Å². The fraction of sp³-hybridized carbons (Fsp3) is 0.462. The molecule has 0 bridgehead atoms. The summed E-state index contributed by atoms with van der Waals surface area (Å²) >= 11 is 6.72. The Labute approximate surface area is 124 Å². The molecule has 100 valence electrons. The fourth-order valence-corrected chi connectivity index (χ4v) is 2.87. The van der Waals surface area contributed by atoms with Crippen LogP contribution < -0.4 is 5.32 Å². The monoisotopic (exact) mass is 377 g/mol. The zero-order valence-electron chi connectivity index (χ0n) is 10.2. The lowest BCUT2D eigenvalue weighted by molar-refractivity contribution is 0.0943. The molecule has 0 heterocycles. The lowest BCUT2D eigenvalue weighted by Crippen LogP contribution is -2.29. The van der Waals surface area contributed by atoms with Crippen LogP contribution in [0.25, 0.3) is 0 Å². The molecule has 1 rings (SSSR count). The first-order valence-corrected chi connectivity index (χ1v) is 7.51. The third-order valence-electron chi connectivity index (χ3n) is 2.84. The Morgan fingerprint density at radius 1 is 1.44 bits per heavy atom. The van der Waals surface area contributed by atoms with Crippen molar-refractivity contribution in [2.75, 3.05) is 13.2 Å². The van der Waals surface area contributed by atoms with E-state index < -0.39 is 0 Å². The number of aliphatic hydroxyl groups excluding tert-OH is 1. The average Bonchev–Trinajstić information content (AvgIpc) is 2.34. The predicted molar refractivity (Wildman–Crippen MR) is 79.7 cm³/mol. The summed E-state index contributed by atoms with van der Waals surface area (Å²) in [5, 5.41) is 11.8. The Bertz CT molecular complexity index is 410. The van der Waals surface area contributed by atoms with E-state index in [9.17, 15) is 4.79 Å². The van der Waals surface area contributed by atoms with Crippen LogP contribution >= 0.6 is 31.9 Å². The van der Waals surface area contributed by atoms with Gasteiger partial charge in [0.2, 0.25) is 0 Å². The van der Waals surface area contributed by atoms with Crippen molar-refractivity contribution in [1.29, 1.82) is 0 Å². The minimum atomic E-state index is -0.0919. The SMILES string of the molecule is CCC(CCO)CNC(=O)c1ccc(Br)cc1Br. The van der Waals surface area contributed by atoms with Gasteiger partial charge >= 0.3 is 0 Å². The topological polar surface area (TPSA) is 49.3 Å². The zero-order chi connectivity index (χ0) is 13.5. The standard InChI is InChI=1S/C13H17Br2NO2/c1-2-9(5-6-17)8-16-13(18)11-4-3-10(14)7-12(11)15/h3-4,7,9,17H,2,5-6,8H2,1H3,(H,16,18). The molecule has 1 atom stereocenters. The molecule has 0 aromatic heterocycles. The molecule has 1 aromatic rings. The van der Waals surface area contributed by atoms with Crippen LogP contribution in [-0.2, 0) is 0 Å². The van der Waals surface area contributed by atoms with Crippen LogP contribution in [0, 0.1) is 5.92 Å². The van der Waals surface area contributed by atoms with Crippen LogP contribution in [0.15, 0.2) is 27.1 Å². The second-order valence-corrected chi connectivity index (χ2v) is 5.89.